The van der Waals surface area contributed by atoms with Crippen molar-refractivity contribution in [1.82, 2.24) is 4.57 Å². The number of amides is 1. The minimum atomic E-state index is -4.75. The smallest absolute Gasteiger partial charge is 0.416 e. The molecular weight excluding hydrogens is 473 g/mol. The van der Waals surface area contributed by atoms with Gasteiger partial charge in [-0.25, -0.2) is 8.42 Å². The van der Waals surface area contributed by atoms with Gasteiger partial charge in [-0.1, -0.05) is 29.8 Å². The highest BCUT2D eigenvalue weighted by molar-refractivity contribution is 7.92. The van der Waals surface area contributed by atoms with Gasteiger partial charge in [0.2, 0.25) is 15.9 Å². The van der Waals surface area contributed by atoms with Crippen LogP contribution in [0.5, 0.6) is 5.88 Å². The van der Waals surface area contributed by atoms with Gasteiger partial charge < -0.3 is 9.67 Å². The molecule has 3 rings (SSSR count). The first kappa shape index (κ1) is 23.5. The summed E-state index contributed by atoms with van der Waals surface area (Å²) in [7, 11) is -2.64. The van der Waals surface area contributed by atoms with E-state index in [0.29, 0.717) is 33.6 Å². The van der Waals surface area contributed by atoms with E-state index in [9.17, 15) is 31.5 Å². The summed E-state index contributed by atoms with van der Waals surface area (Å²) in [4.78, 5) is 12.4. The Kier molecular flexibility index (Phi) is 6.20. The fourth-order valence-corrected chi connectivity index (χ4v) is 4.10. The first-order chi connectivity index (χ1) is 14.8. The van der Waals surface area contributed by atoms with Crippen LogP contribution in [0.4, 0.5) is 24.5 Å². The van der Waals surface area contributed by atoms with Crippen molar-refractivity contribution >= 4 is 49.8 Å². The summed E-state index contributed by atoms with van der Waals surface area (Å²) in [6.07, 6.45) is -4.04. The number of para-hydroxylation sites is 1. The number of aromatic nitrogens is 1. The normalized spacial score (nSPS) is 12.6. The predicted octanol–water partition coefficient (Wildman–Crippen LogP) is 4.63. The Morgan fingerprint density at radius 1 is 1.22 bits per heavy atom. The lowest BCUT2D eigenvalue weighted by Gasteiger charge is -2.22. The Labute approximate surface area is 185 Å². The average Bonchev–Trinajstić information content (AvgIpc) is 2.94. The van der Waals surface area contributed by atoms with E-state index >= 15 is 0 Å². The van der Waals surface area contributed by atoms with Gasteiger partial charge in [0.25, 0.3) is 5.91 Å². The maximum Gasteiger partial charge on any atom is 0.416 e. The lowest BCUT2D eigenvalue weighted by atomic mass is 10.2. The number of aryl methyl sites for hydroxylation is 1. The number of carbonyl (C=O) groups excluding carboxylic acids is 1. The third-order valence-corrected chi connectivity index (χ3v) is 5.98. The van der Waals surface area contributed by atoms with Crippen molar-refractivity contribution in [2.75, 3.05) is 17.1 Å². The Bertz CT molecular complexity index is 1340. The summed E-state index contributed by atoms with van der Waals surface area (Å²) in [5.41, 5.74) is -1.07. The Morgan fingerprint density at radius 3 is 2.50 bits per heavy atom. The number of azo groups is 1. The SMILES string of the molecule is Cn1c(O)c(N=NC(=O)CN(c2cc(C(F)(F)F)ccc2Cl)S(C)(=O)=O)c2ccccc21. The minimum Gasteiger partial charge on any atom is -0.493 e. The highest BCUT2D eigenvalue weighted by Crippen LogP contribution is 2.38. The van der Waals surface area contributed by atoms with Crippen molar-refractivity contribution in [3.63, 3.8) is 0 Å². The molecule has 1 amide bonds. The van der Waals surface area contributed by atoms with E-state index in [0.717, 1.165) is 6.07 Å². The quantitative estimate of drug-likeness (QED) is 0.528. The maximum absolute atomic E-state index is 13.1. The second-order valence-electron chi connectivity index (χ2n) is 6.78. The minimum absolute atomic E-state index is 0.0144. The molecule has 0 saturated heterocycles. The first-order valence-electron chi connectivity index (χ1n) is 8.86. The topological polar surface area (TPSA) is 104 Å². The van der Waals surface area contributed by atoms with Gasteiger partial charge in [-0.15, -0.1) is 10.2 Å². The monoisotopic (exact) mass is 488 g/mol. The summed E-state index contributed by atoms with van der Waals surface area (Å²) < 4.78 is 65.4. The van der Waals surface area contributed by atoms with Gasteiger partial charge in [0.1, 0.15) is 6.54 Å². The Hall–Kier alpha value is -3.12. The zero-order chi connectivity index (χ0) is 23.8. The Balaban J connectivity index is 1.95. The molecule has 3 aromatic rings. The van der Waals surface area contributed by atoms with Crippen molar-refractivity contribution in [2.45, 2.75) is 6.18 Å². The number of anilines is 1. The number of carbonyl (C=O) groups is 1. The lowest BCUT2D eigenvalue weighted by molar-refractivity contribution is -0.137. The van der Waals surface area contributed by atoms with Crippen LogP contribution >= 0.6 is 11.6 Å². The number of halogens is 4. The van der Waals surface area contributed by atoms with Gasteiger partial charge in [0.15, 0.2) is 5.69 Å². The van der Waals surface area contributed by atoms with Crippen LogP contribution in [0.25, 0.3) is 10.9 Å². The number of alkyl halides is 3. The van der Waals surface area contributed by atoms with E-state index < -0.39 is 39.9 Å². The van der Waals surface area contributed by atoms with E-state index in [1.165, 1.54) is 4.57 Å². The number of rotatable bonds is 5. The van der Waals surface area contributed by atoms with Gasteiger partial charge in [-0.2, -0.15) is 13.2 Å². The summed E-state index contributed by atoms with van der Waals surface area (Å²) in [5, 5.41) is 17.6. The zero-order valence-corrected chi connectivity index (χ0v) is 18.2. The molecule has 1 N–H and O–H groups in total. The van der Waals surface area contributed by atoms with E-state index in [1.54, 1.807) is 31.3 Å². The molecule has 1 aromatic heterocycles. The summed E-state index contributed by atoms with van der Waals surface area (Å²) in [6.45, 7) is -0.950. The number of sulfonamides is 1. The fourth-order valence-electron chi connectivity index (χ4n) is 2.98. The molecule has 0 aliphatic carbocycles. The van der Waals surface area contributed by atoms with E-state index in [-0.39, 0.29) is 16.6 Å². The summed E-state index contributed by atoms with van der Waals surface area (Å²) >= 11 is 5.92. The van der Waals surface area contributed by atoms with Crippen molar-refractivity contribution in [2.24, 2.45) is 17.3 Å². The average molecular weight is 489 g/mol. The van der Waals surface area contributed by atoms with E-state index in [4.69, 9.17) is 11.6 Å². The van der Waals surface area contributed by atoms with Crippen molar-refractivity contribution in [1.29, 1.82) is 0 Å². The Morgan fingerprint density at radius 2 is 1.88 bits per heavy atom. The van der Waals surface area contributed by atoms with Gasteiger partial charge in [0, 0.05) is 12.4 Å². The van der Waals surface area contributed by atoms with Gasteiger partial charge in [0.05, 0.1) is 28.0 Å². The second kappa shape index (κ2) is 8.43. The van der Waals surface area contributed by atoms with Crippen LogP contribution in [0.1, 0.15) is 5.56 Å². The van der Waals surface area contributed by atoms with Crippen LogP contribution in [0.2, 0.25) is 5.02 Å². The van der Waals surface area contributed by atoms with E-state index in [1.807, 2.05) is 0 Å². The van der Waals surface area contributed by atoms with Crippen LogP contribution in [0, 0.1) is 0 Å². The van der Waals surface area contributed by atoms with Gasteiger partial charge >= 0.3 is 6.18 Å². The number of hydrogen-bond donors (Lipinski definition) is 1. The molecule has 0 radical (unpaired) electrons. The van der Waals surface area contributed by atoms with Crippen LogP contribution in [-0.2, 0) is 28.0 Å². The summed E-state index contributed by atoms with van der Waals surface area (Å²) in [5.74, 6) is -1.36. The van der Waals surface area contributed by atoms with E-state index in [2.05, 4.69) is 10.2 Å². The van der Waals surface area contributed by atoms with Crippen molar-refractivity contribution in [3.05, 3.63) is 53.1 Å². The third kappa shape index (κ3) is 4.70. The third-order valence-electron chi connectivity index (χ3n) is 4.53. The fraction of sp³-hybridized carbons (Fsp3) is 0.211. The van der Waals surface area contributed by atoms with Crippen LogP contribution in [0.15, 0.2) is 52.7 Å². The number of benzene rings is 2. The second-order valence-corrected chi connectivity index (χ2v) is 9.09. The molecular formula is C19H16ClF3N4O4S. The molecule has 0 saturated carbocycles. The summed E-state index contributed by atoms with van der Waals surface area (Å²) in [6, 6.07) is 8.87. The molecule has 170 valence electrons. The molecule has 13 heteroatoms. The first-order valence-corrected chi connectivity index (χ1v) is 11.1. The van der Waals surface area contributed by atoms with Crippen LogP contribution in [0.3, 0.4) is 0 Å². The molecule has 0 aliphatic heterocycles. The number of nitrogens with zero attached hydrogens (tertiary/aromatic N) is 4. The molecule has 1 heterocycles. The van der Waals surface area contributed by atoms with Gasteiger partial charge in [-0.05, 0) is 24.3 Å². The number of aromatic hydroxyl groups is 1. The standard InChI is InChI=1S/C19H16ClF3N4O4S/c1-26-14-6-4-3-5-12(14)17(18(26)29)25-24-16(28)10-27(32(2,30)31)15-9-11(19(21,22)23)7-8-13(15)20/h3-9,29H,10H2,1-2H3. The molecule has 0 bridgehead atoms. The van der Waals surface area contributed by atoms with Gasteiger partial charge in [-0.3, -0.25) is 9.10 Å². The molecule has 0 aliphatic rings. The zero-order valence-electron chi connectivity index (χ0n) is 16.6. The maximum atomic E-state index is 13.1. The van der Waals surface area contributed by atoms with Crippen LogP contribution in [-0.4, -0.2) is 36.8 Å². The predicted molar refractivity (Wildman–Crippen MR) is 113 cm³/mol. The molecule has 0 atom stereocenters. The molecule has 2 aromatic carbocycles. The highest BCUT2D eigenvalue weighted by atomic mass is 35.5. The molecule has 0 unspecified atom stereocenters. The molecule has 0 fully saturated rings. The van der Waals surface area contributed by atoms with Crippen molar-refractivity contribution < 1.29 is 31.5 Å². The largest absolute Gasteiger partial charge is 0.493 e. The highest BCUT2D eigenvalue weighted by Gasteiger charge is 2.33. The van der Waals surface area contributed by atoms with Crippen molar-refractivity contribution in [3.8, 4) is 5.88 Å². The van der Waals surface area contributed by atoms with Crippen LogP contribution < -0.4 is 4.31 Å². The number of hydrogen-bond acceptors (Lipinski definition) is 5. The molecule has 32 heavy (non-hydrogen) atoms. The lowest BCUT2D eigenvalue weighted by Crippen LogP contribution is -2.34. The number of fused-ring (bicyclic) bond motifs is 1. The molecule has 0 spiro atoms. The molecule has 8 nitrogen and oxygen atoms in total.